The molecule has 1 aliphatic rings. The van der Waals surface area contributed by atoms with Gasteiger partial charge in [-0.1, -0.05) is 6.08 Å². The van der Waals surface area contributed by atoms with Gasteiger partial charge in [0.25, 0.3) is 10.1 Å². The first-order chi connectivity index (χ1) is 5.35. The van der Waals surface area contributed by atoms with Crippen molar-refractivity contribution in [1.82, 2.24) is 0 Å². The zero-order valence-electron chi connectivity index (χ0n) is 6.01. The number of hydrogen-bond donors (Lipinski definition) is 3. The summed E-state index contributed by atoms with van der Waals surface area (Å²) in [5, 5.41) is 18.1. The first-order valence-corrected chi connectivity index (χ1v) is 4.57. The Bertz CT molecular complexity index is 339. The Labute approximate surface area is 69.4 Å². The molecule has 0 fully saturated rings. The molecule has 0 aliphatic heterocycles. The van der Waals surface area contributed by atoms with E-state index in [0.29, 0.717) is 6.08 Å². The lowest BCUT2D eigenvalue weighted by Crippen LogP contribution is -2.36. The molecular weight excluding hydrogens is 184 g/mol. The molecule has 0 aromatic carbocycles. The van der Waals surface area contributed by atoms with Crippen molar-refractivity contribution in [2.75, 3.05) is 0 Å². The smallest absolute Gasteiger partial charge is 0.299 e. The van der Waals surface area contributed by atoms with Crippen LogP contribution in [0.4, 0.5) is 0 Å². The van der Waals surface area contributed by atoms with Gasteiger partial charge in [-0.2, -0.15) is 8.42 Å². The Morgan fingerprint density at radius 2 is 2.08 bits per heavy atom. The molecular formula is C6H8O5S. The maximum atomic E-state index is 10.6. The van der Waals surface area contributed by atoms with Crippen LogP contribution in [-0.2, 0) is 10.1 Å². The van der Waals surface area contributed by atoms with Crippen LogP contribution >= 0.6 is 0 Å². The molecule has 5 nitrogen and oxygen atoms in total. The standard InChI is InChI=1S/C6H8O5S/c7-5-2-1-3-6(8,4-5)12(9,10)11/h1-2,4,7-8H,3H2,(H,9,10,11). The maximum absolute atomic E-state index is 10.6. The van der Waals surface area contributed by atoms with E-state index in [4.69, 9.17) is 9.66 Å². The van der Waals surface area contributed by atoms with Crippen LogP contribution in [-0.4, -0.2) is 28.1 Å². The average molecular weight is 192 g/mol. The zero-order chi connectivity index (χ0) is 9.41. The Hall–Kier alpha value is -0.850. The van der Waals surface area contributed by atoms with Crippen LogP contribution < -0.4 is 0 Å². The molecule has 0 bridgehead atoms. The fourth-order valence-corrected chi connectivity index (χ4v) is 1.44. The SMILES string of the molecule is O=S(=O)(O)C1(O)C=C(O)C=CC1. The van der Waals surface area contributed by atoms with Crippen LogP contribution in [0.2, 0.25) is 0 Å². The van der Waals surface area contributed by atoms with Gasteiger partial charge in [-0.05, 0) is 6.08 Å². The summed E-state index contributed by atoms with van der Waals surface area (Å²) in [6, 6.07) is 0. The van der Waals surface area contributed by atoms with Gasteiger partial charge in [-0.3, -0.25) is 4.55 Å². The minimum atomic E-state index is -4.59. The third-order valence-corrected chi connectivity index (χ3v) is 2.70. The van der Waals surface area contributed by atoms with Crippen molar-refractivity contribution >= 4 is 10.1 Å². The highest BCUT2D eigenvalue weighted by Gasteiger charge is 2.39. The first kappa shape index (κ1) is 9.24. The molecule has 1 aliphatic carbocycles. The molecule has 1 rings (SSSR count). The first-order valence-electron chi connectivity index (χ1n) is 3.13. The minimum Gasteiger partial charge on any atom is -0.508 e. The molecule has 0 saturated heterocycles. The fraction of sp³-hybridized carbons (Fsp3) is 0.333. The van der Waals surface area contributed by atoms with Crippen molar-refractivity contribution in [1.29, 1.82) is 0 Å². The van der Waals surface area contributed by atoms with E-state index in [1.165, 1.54) is 12.2 Å². The summed E-state index contributed by atoms with van der Waals surface area (Å²) in [7, 11) is -4.59. The van der Waals surface area contributed by atoms with Gasteiger partial charge >= 0.3 is 0 Å². The zero-order valence-corrected chi connectivity index (χ0v) is 6.82. The molecule has 1 unspecified atom stereocenters. The predicted octanol–water partition coefficient (Wildman–Crippen LogP) is -0.0354. The number of hydrogen-bond acceptors (Lipinski definition) is 4. The summed E-state index contributed by atoms with van der Waals surface area (Å²) >= 11 is 0. The summed E-state index contributed by atoms with van der Waals surface area (Å²) in [6.07, 6.45) is 2.90. The van der Waals surface area contributed by atoms with Crippen LogP contribution in [0, 0.1) is 0 Å². The van der Waals surface area contributed by atoms with E-state index < -0.39 is 15.1 Å². The third-order valence-electron chi connectivity index (χ3n) is 1.52. The number of aliphatic hydroxyl groups excluding tert-OH is 1. The molecule has 0 heterocycles. The van der Waals surface area contributed by atoms with Crippen LogP contribution in [0.1, 0.15) is 6.42 Å². The molecule has 0 saturated carbocycles. The molecule has 6 heteroatoms. The van der Waals surface area contributed by atoms with E-state index in [9.17, 15) is 13.5 Å². The second-order valence-electron chi connectivity index (χ2n) is 2.50. The Morgan fingerprint density at radius 3 is 2.42 bits per heavy atom. The maximum Gasteiger partial charge on any atom is 0.299 e. The molecule has 68 valence electrons. The minimum absolute atomic E-state index is 0.268. The Morgan fingerprint density at radius 1 is 1.50 bits per heavy atom. The summed E-state index contributed by atoms with van der Waals surface area (Å²) in [6.45, 7) is 0. The van der Waals surface area contributed by atoms with Crippen molar-refractivity contribution in [3.05, 3.63) is 24.0 Å². The van der Waals surface area contributed by atoms with Crippen LogP contribution in [0.15, 0.2) is 24.0 Å². The highest BCUT2D eigenvalue weighted by molar-refractivity contribution is 7.87. The lowest BCUT2D eigenvalue weighted by atomic mass is 10.1. The van der Waals surface area contributed by atoms with E-state index in [1.54, 1.807) is 0 Å². The van der Waals surface area contributed by atoms with Crippen molar-refractivity contribution in [3.63, 3.8) is 0 Å². The summed E-state index contributed by atoms with van der Waals surface area (Å²) in [5.41, 5.74) is 0. The normalized spacial score (nSPS) is 30.0. The van der Waals surface area contributed by atoms with Gasteiger partial charge in [-0.25, -0.2) is 0 Å². The van der Waals surface area contributed by atoms with E-state index >= 15 is 0 Å². The van der Waals surface area contributed by atoms with Crippen LogP contribution in [0.3, 0.4) is 0 Å². The third kappa shape index (κ3) is 1.50. The lowest BCUT2D eigenvalue weighted by Gasteiger charge is -2.21. The van der Waals surface area contributed by atoms with Crippen molar-refractivity contribution in [2.24, 2.45) is 0 Å². The van der Waals surface area contributed by atoms with E-state index in [-0.39, 0.29) is 12.2 Å². The summed E-state index contributed by atoms with van der Waals surface area (Å²) in [5.74, 6) is -0.388. The molecule has 1 atom stereocenters. The Kier molecular flexibility index (Phi) is 1.99. The van der Waals surface area contributed by atoms with Gasteiger partial charge in [-0.15, -0.1) is 0 Å². The lowest BCUT2D eigenvalue weighted by molar-refractivity contribution is 0.157. The largest absolute Gasteiger partial charge is 0.508 e. The van der Waals surface area contributed by atoms with Crippen molar-refractivity contribution < 1.29 is 23.2 Å². The van der Waals surface area contributed by atoms with Crippen molar-refractivity contribution in [2.45, 2.75) is 11.4 Å². The summed E-state index contributed by atoms with van der Waals surface area (Å²) in [4.78, 5) is -2.38. The van der Waals surface area contributed by atoms with E-state index in [1.807, 2.05) is 0 Å². The van der Waals surface area contributed by atoms with Crippen LogP contribution in [0.25, 0.3) is 0 Å². The second-order valence-corrected chi connectivity index (χ2v) is 4.15. The van der Waals surface area contributed by atoms with E-state index in [0.717, 1.165) is 0 Å². The van der Waals surface area contributed by atoms with Crippen LogP contribution in [0.5, 0.6) is 0 Å². The number of allylic oxidation sites excluding steroid dienone is 1. The number of rotatable bonds is 1. The monoisotopic (exact) mass is 192 g/mol. The molecule has 0 radical (unpaired) electrons. The Balaban J connectivity index is 3.13. The molecule has 12 heavy (non-hydrogen) atoms. The molecule has 0 spiro atoms. The van der Waals surface area contributed by atoms with Gasteiger partial charge in [0.05, 0.1) is 0 Å². The quantitative estimate of drug-likeness (QED) is 0.507. The van der Waals surface area contributed by atoms with Gasteiger partial charge in [0.1, 0.15) is 5.76 Å². The molecule has 3 N–H and O–H groups in total. The highest BCUT2D eigenvalue weighted by Crippen LogP contribution is 2.24. The molecule has 0 aromatic heterocycles. The number of aliphatic hydroxyl groups is 2. The summed E-state index contributed by atoms with van der Waals surface area (Å²) < 4.78 is 29.7. The molecule has 0 aromatic rings. The van der Waals surface area contributed by atoms with Crippen molar-refractivity contribution in [3.8, 4) is 0 Å². The highest BCUT2D eigenvalue weighted by atomic mass is 32.2. The predicted molar refractivity (Wildman–Crippen MR) is 41.0 cm³/mol. The van der Waals surface area contributed by atoms with Gasteiger partial charge in [0.2, 0.25) is 4.93 Å². The fourth-order valence-electron chi connectivity index (χ4n) is 0.866. The van der Waals surface area contributed by atoms with Gasteiger partial charge in [0.15, 0.2) is 0 Å². The molecule has 0 amide bonds. The van der Waals surface area contributed by atoms with E-state index in [2.05, 4.69) is 0 Å². The topological polar surface area (TPSA) is 94.8 Å². The second kappa shape index (κ2) is 2.58. The average Bonchev–Trinajstić information content (AvgIpc) is 1.83. The van der Waals surface area contributed by atoms with Gasteiger partial charge < -0.3 is 10.2 Å². The van der Waals surface area contributed by atoms with Gasteiger partial charge in [0, 0.05) is 12.5 Å².